The number of anilines is 1. The lowest BCUT2D eigenvalue weighted by molar-refractivity contribution is 0.429. The summed E-state index contributed by atoms with van der Waals surface area (Å²) in [6, 6.07) is 14.0. The highest BCUT2D eigenvalue weighted by molar-refractivity contribution is 6.03. The first kappa shape index (κ1) is 18.2. The van der Waals surface area contributed by atoms with Gasteiger partial charge in [-0.05, 0) is 43.2 Å². The summed E-state index contributed by atoms with van der Waals surface area (Å²) in [6.07, 6.45) is 0.372. The molecule has 0 saturated heterocycles. The van der Waals surface area contributed by atoms with E-state index in [-0.39, 0.29) is 5.56 Å². The number of aryl methyl sites for hydroxylation is 1. The maximum absolute atomic E-state index is 12.5. The van der Waals surface area contributed by atoms with E-state index in [9.17, 15) is 14.7 Å². The van der Waals surface area contributed by atoms with Gasteiger partial charge in [0, 0.05) is 5.69 Å². The zero-order valence-corrected chi connectivity index (χ0v) is 15.1. The van der Waals surface area contributed by atoms with Crippen molar-refractivity contribution in [3.05, 3.63) is 80.5 Å². The Morgan fingerprint density at radius 3 is 2.59 bits per heavy atom. The van der Waals surface area contributed by atoms with Crippen LogP contribution in [0.4, 0.5) is 11.4 Å². The van der Waals surface area contributed by atoms with Crippen LogP contribution in [0.2, 0.25) is 0 Å². The molecule has 3 rings (SSSR count). The third kappa shape index (κ3) is 3.52. The van der Waals surface area contributed by atoms with Crippen molar-refractivity contribution in [3.63, 3.8) is 0 Å². The Kier molecular flexibility index (Phi) is 4.94. The number of H-pyrrole nitrogens is 1. The van der Waals surface area contributed by atoms with Gasteiger partial charge in [0.15, 0.2) is 0 Å². The van der Waals surface area contributed by atoms with Crippen LogP contribution in [0.5, 0.6) is 5.88 Å². The van der Waals surface area contributed by atoms with Crippen molar-refractivity contribution in [2.45, 2.75) is 20.3 Å². The van der Waals surface area contributed by atoms with Crippen molar-refractivity contribution in [1.29, 1.82) is 0 Å². The van der Waals surface area contributed by atoms with E-state index in [0.29, 0.717) is 29.2 Å². The van der Waals surface area contributed by atoms with Gasteiger partial charge in [-0.25, -0.2) is 9.36 Å². The summed E-state index contributed by atoms with van der Waals surface area (Å²) in [4.78, 5) is 31.6. The highest BCUT2D eigenvalue weighted by Gasteiger charge is 2.20. The summed E-state index contributed by atoms with van der Waals surface area (Å²) in [7, 11) is 0. The van der Waals surface area contributed by atoms with Crippen LogP contribution in [0.1, 0.15) is 24.5 Å². The molecular formula is C20H20N4O3. The highest BCUT2D eigenvalue weighted by Crippen LogP contribution is 2.23. The molecule has 0 saturated carbocycles. The molecule has 138 valence electrons. The number of aromatic hydroxyl groups is 1. The van der Waals surface area contributed by atoms with Gasteiger partial charge in [0.1, 0.15) is 5.56 Å². The van der Waals surface area contributed by atoms with E-state index in [1.807, 2.05) is 26.0 Å². The van der Waals surface area contributed by atoms with E-state index in [0.717, 1.165) is 10.1 Å². The van der Waals surface area contributed by atoms with Crippen LogP contribution in [0.15, 0.2) is 63.1 Å². The zero-order valence-electron chi connectivity index (χ0n) is 15.1. The molecule has 0 radical (unpaired) electrons. The standard InChI is InChI=1S/C20H20N4O3/c1-3-15(22-14-9-6-8-13(21)11-14)17-18(25)23-20(27)24(19(17)26)16-10-5-4-7-12(16)2/h4-11,26H,3,21H2,1-2H3,(H,23,25,27). The Hall–Kier alpha value is -3.61. The van der Waals surface area contributed by atoms with Gasteiger partial charge in [0.2, 0.25) is 5.88 Å². The average molecular weight is 364 g/mol. The summed E-state index contributed by atoms with van der Waals surface area (Å²) in [5.74, 6) is -0.442. The SMILES string of the molecule is CCC(=Nc1cccc(N)c1)c1c(O)n(-c2ccccc2C)c(=O)[nH]c1=O. The third-order valence-electron chi connectivity index (χ3n) is 4.20. The molecule has 0 atom stereocenters. The summed E-state index contributed by atoms with van der Waals surface area (Å²) in [6.45, 7) is 3.63. The number of aromatic amines is 1. The number of benzene rings is 2. The highest BCUT2D eigenvalue weighted by atomic mass is 16.3. The second-order valence-electron chi connectivity index (χ2n) is 6.09. The molecule has 0 aliphatic heterocycles. The Bertz CT molecular complexity index is 1140. The number of nitrogens with zero attached hydrogens (tertiary/aromatic N) is 2. The van der Waals surface area contributed by atoms with Gasteiger partial charge in [-0.1, -0.05) is 31.2 Å². The molecule has 1 aromatic heterocycles. The lowest BCUT2D eigenvalue weighted by atomic mass is 10.1. The van der Waals surface area contributed by atoms with E-state index < -0.39 is 17.1 Å². The first-order valence-electron chi connectivity index (χ1n) is 8.50. The smallest absolute Gasteiger partial charge is 0.335 e. The zero-order chi connectivity index (χ0) is 19.6. The molecule has 0 unspecified atom stereocenters. The van der Waals surface area contributed by atoms with Crippen LogP contribution in [-0.4, -0.2) is 20.4 Å². The molecule has 0 aliphatic rings. The molecule has 0 fully saturated rings. The topological polar surface area (TPSA) is 113 Å². The van der Waals surface area contributed by atoms with E-state index in [2.05, 4.69) is 9.98 Å². The molecule has 27 heavy (non-hydrogen) atoms. The number of aliphatic imine (C=N–C) groups is 1. The fourth-order valence-electron chi connectivity index (χ4n) is 2.88. The molecule has 0 aliphatic carbocycles. The normalized spacial score (nSPS) is 11.6. The minimum Gasteiger partial charge on any atom is -0.493 e. The molecule has 7 nitrogen and oxygen atoms in total. The molecule has 0 bridgehead atoms. The van der Waals surface area contributed by atoms with Crippen LogP contribution in [0.25, 0.3) is 5.69 Å². The molecule has 1 heterocycles. The van der Waals surface area contributed by atoms with Gasteiger partial charge in [-0.2, -0.15) is 0 Å². The van der Waals surface area contributed by atoms with Crippen molar-refractivity contribution in [2.75, 3.05) is 5.73 Å². The van der Waals surface area contributed by atoms with Crippen molar-refractivity contribution < 1.29 is 5.11 Å². The number of hydrogen-bond acceptors (Lipinski definition) is 5. The molecule has 2 aromatic carbocycles. The Morgan fingerprint density at radius 2 is 1.93 bits per heavy atom. The Labute approximate surface area is 155 Å². The number of aromatic nitrogens is 2. The number of nitrogens with two attached hydrogens (primary N) is 1. The van der Waals surface area contributed by atoms with E-state index in [4.69, 9.17) is 5.73 Å². The monoisotopic (exact) mass is 364 g/mol. The Balaban J connectivity index is 2.27. The first-order chi connectivity index (χ1) is 12.9. The second kappa shape index (κ2) is 7.33. The maximum atomic E-state index is 12.5. The summed E-state index contributed by atoms with van der Waals surface area (Å²) in [5.41, 5.74) is 7.04. The third-order valence-corrected chi connectivity index (χ3v) is 4.20. The quantitative estimate of drug-likeness (QED) is 0.488. The molecule has 7 heteroatoms. The van der Waals surface area contributed by atoms with Gasteiger partial charge in [0.05, 0.1) is 17.1 Å². The largest absolute Gasteiger partial charge is 0.493 e. The van der Waals surface area contributed by atoms with Crippen LogP contribution in [0, 0.1) is 6.92 Å². The second-order valence-corrected chi connectivity index (χ2v) is 6.09. The van der Waals surface area contributed by atoms with Crippen molar-refractivity contribution in [1.82, 2.24) is 9.55 Å². The molecule has 4 N–H and O–H groups in total. The fraction of sp³-hybridized carbons (Fsp3) is 0.150. The van der Waals surface area contributed by atoms with Crippen molar-refractivity contribution in [3.8, 4) is 11.6 Å². The van der Waals surface area contributed by atoms with E-state index in [1.165, 1.54) is 0 Å². The van der Waals surface area contributed by atoms with Gasteiger partial charge in [-0.3, -0.25) is 14.8 Å². The van der Waals surface area contributed by atoms with Crippen LogP contribution >= 0.6 is 0 Å². The summed E-state index contributed by atoms with van der Waals surface area (Å²) in [5, 5.41) is 10.8. The Morgan fingerprint density at radius 1 is 1.19 bits per heavy atom. The molecule has 3 aromatic rings. The van der Waals surface area contributed by atoms with E-state index >= 15 is 0 Å². The van der Waals surface area contributed by atoms with Crippen LogP contribution in [0.3, 0.4) is 0 Å². The van der Waals surface area contributed by atoms with Crippen LogP contribution in [-0.2, 0) is 0 Å². The lowest BCUT2D eigenvalue weighted by Gasteiger charge is -2.14. The lowest BCUT2D eigenvalue weighted by Crippen LogP contribution is -2.33. The summed E-state index contributed by atoms with van der Waals surface area (Å²) < 4.78 is 1.08. The first-order valence-corrected chi connectivity index (χ1v) is 8.50. The van der Waals surface area contributed by atoms with Gasteiger partial charge >= 0.3 is 5.69 Å². The minimum absolute atomic E-state index is 0.0391. The average Bonchev–Trinajstić information content (AvgIpc) is 2.62. The van der Waals surface area contributed by atoms with Gasteiger partial charge < -0.3 is 10.8 Å². The minimum atomic E-state index is -0.713. The van der Waals surface area contributed by atoms with Crippen molar-refractivity contribution in [2.24, 2.45) is 4.99 Å². The predicted octanol–water partition coefficient (Wildman–Crippen LogP) is 2.65. The van der Waals surface area contributed by atoms with Crippen LogP contribution < -0.4 is 17.0 Å². The number of hydrogen-bond donors (Lipinski definition) is 3. The fourth-order valence-corrected chi connectivity index (χ4v) is 2.88. The number of para-hydroxylation sites is 1. The van der Waals surface area contributed by atoms with E-state index in [1.54, 1.807) is 36.4 Å². The summed E-state index contributed by atoms with van der Waals surface area (Å²) >= 11 is 0. The van der Waals surface area contributed by atoms with Gasteiger partial charge in [-0.15, -0.1) is 0 Å². The number of rotatable bonds is 4. The maximum Gasteiger partial charge on any atom is 0.335 e. The van der Waals surface area contributed by atoms with Crippen molar-refractivity contribution >= 4 is 17.1 Å². The number of nitrogen functional groups attached to an aromatic ring is 1. The molecule has 0 spiro atoms. The van der Waals surface area contributed by atoms with Gasteiger partial charge in [0.25, 0.3) is 5.56 Å². The predicted molar refractivity (Wildman–Crippen MR) is 106 cm³/mol. The molecule has 0 amide bonds. The number of nitrogens with one attached hydrogen (secondary N) is 1. The molecular weight excluding hydrogens is 344 g/mol.